The molecule has 2 rings (SSSR count). The number of methoxy groups -OCH3 is 2. The number of hydrogen-bond donors (Lipinski definition) is 1. The van der Waals surface area contributed by atoms with Crippen LogP contribution in [0.25, 0.3) is 0 Å². The molecular formula is C14H12BrCl2NO4S. The van der Waals surface area contributed by atoms with E-state index in [2.05, 4.69) is 20.7 Å². The first kappa shape index (κ1) is 18.2. The highest BCUT2D eigenvalue weighted by Crippen LogP contribution is 2.37. The van der Waals surface area contributed by atoms with Crippen LogP contribution in [0.15, 0.2) is 39.7 Å². The van der Waals surface area contributed by atoms with Crippen LogP contribution in [0, 0.1) is 0 Å². The van der Waals surface area contributed by atoms with Crippen LogP contribution in [0.3, 0.4) is 0 Å². The highest BCUT2D eigenvalue weighted by molar-refractivity contribution is 9.10. The second-order valence-electron chi connectivity index (χ2n) is 4.37. The van der Waals surface area contributed by atoms with E-state index in [1.807, 2.05) is 0 Å². The van der Waals surface area contributed by atoms with Crippen LogP contribution in [-0.2, 0) is 10.0 Å². The summed E-state index contributed by atoms with van der Waals surface area (Å²) in [7, 11) is -1.05. The summed E-state index contributed by atoms with van der Waals surface area (Å²) in [6.07, 6.45) is 0. The van der Waals surface area contributed by atoms with Crippen molar-refractivity contribution >= 4 is 54.8 Å². The fourth-order valence-electron chi connectivity index (χ4n) is 1.83. The molecule has 0 spiro atoms. The van der Waals surface area contributed by atoms with Crippen LogP contribution in [0.4, 0.5) is 5.69 Å². The molecule has 0 aliphatic heterocycles. The van der Waals surface area contributed by atoms with Crippen molar-refractivity contribution in [2.45, 2.75) is 4.90 Å². The molecule has 9 heteroatoms. The first-order chi connectivity index (χ1) is 10.8. The molecule has 124 valence electrons. The molecule has 1 N–H and O–H groups in total. The molecule has 0 saturated heterocycles. The van der Waals surface area contributed by atoms with E-state index < -0.39 is 10.0 Å². The fraction of sp³-hybridized carbons (Fsp3) is 0.143. The van der Waals surface area contributed by atoms with Gasteiger partial charge in [-0.3, -0.25) is 4.72 Å². The zero-order valence-electron chi connectivity index (χ0n) is 12.1. The molecule has 5 nitrogen and oxygen atoms in total. The number of hydrogen-bond acceptors (Lipinski definition) is 4. The van der Waals surface area contributed by atoms with E-state index in [0.717, 1.165) is 0 Å². The van der Waals surface area contributed by atoms with Gasteiger partial charge in [-0.15, -0.1) is 0 Å². The van der Waals surface area contributed by atoms with Gasteiger partial charge in [-0.05, 0) is 24.3 Å². The first-order valence-electron chi connectivity index (χ1n) is 6.18. The molecule has 0 aromatic heterocycles. The van der Waals surface area contributed by atoms with E-state index in [4.69, 9.17) is 32.7 Å². The number of anilines is 1. The molecule has 0 saturated carbocycles. The Hall–Kier alpha value is -1.15. The number of ether oxygens (including phenoxy) is 2. The number of benzene rings is 2. The topological polar surface area (TPSA) is 64.6 Å². The van der Waals surface area contributed by atoms with E-state index in [1.165, 1.54) is 38.5 Å². The first-order valence-corrected chi connectivity index (χ1v) is 9.21. The predicted octanol–water partition coefficient (Wildman–Crippen LogP) is 4.57. The minimum absolute atomic E-state index is 0.0589. The van der Waals surface area contributed by atoms with Crippen LogP contribution in [0.5, 0.6) is 11.5 Å². The Morgan fingerprint density at radius 2 is 1.65 bits per heavy atom. The van der Waals surface area contributed by atoms with Gasteiger partial charge in [0.25, 0.3) is 10.0 Å². The van der Waals surface area contributed by atoms with Crippen molar-refractivity contribution in [2.75, 3.05) is 18.9 Å². The van der Waals surface area contributed by atoms with E-state index in [1.54, 1.807) is 6.07 Å². The SMILES string of the molecule is COc1cc(OC)c(NS(=O)(=O)c2ccc(Br)cc2Cl)cc1Cl. The molecule has 23 heavy (non-hydrogen) atoms. The zero-order chi connectivity index (χ0) is 17.2. The van der Waals surface area contributed by atoms with Crippen molar-refractivity contribution in [3.05, 3.63) is 44.8 Å². The van der Waals surface area contributed by atoms with Gasteiger partial charge in [0, 0.05) is 10.5 Å². The quantitative estimate of drug-likeness (QED) is 0.739. The van der Waals surface area contributed by atoms with Gasteiger partial charge >= 0.3 is 0 Å². The number of nitrogens with one attached hydrogen (secondary N) is 1. The van der Waals surface area contributed by atoms with Crippen LogP contribution in [0.2, 0.25) is 10.0 Å². The summed E-state index contributed by atoms with van der Waals surface area (Å²) in [5.74, 6) is 0.635. The lowest BCUT2D eigenvalue weighted by atomic mass is 10.3. The molecular weight excluding hydrogens is 429 g/mol. The van der Waals surface area contributed by atoms with Crippen LogP contribution >= 0.6 is 39.1 Å². The van der Waals surface area contributed by atoms with Crippen molar-refractivity contribution in [3.8, 4) is 11.5 Å². The normalized spacial score (nSPS) is 11.2. The third-order valence-electron chi connectivity index (χ3n) is 2.90. The second kappa shape index (κ2) is 7.17. The summed E-state index contributed by atoms with van der Waals surface area (Å²) < 4.78 is 38.4. The number of rotatable bonds is 5. The zero-order valence-corrected chi connectivity index (χ0v) is 16.0. The molecule has 0 fully saturated rings. The Labute approximate surface area is 152 Å². The standard InChI is InChI=1S/C14H12BrCl2NO4S/c1-21-12-7-13(22-2)11(6-9(12)16)18-23(19,20)14-4-3-8(15)5-10(14)17/h3-7,18H,1-2H3. The Balaban J connectivity index is 2.46. The fourth-order valence-corrected chi connectivity index (χ4v) is 4.17. The molecule has 0 aliphatic rings. The lowest BCUT2D eigenvalue weighted by molar-refractivity contribution is 0.396. The molecule has 0 unspecified atom stereocenters. The maximum absolute atomic E-state index is 12.5. The second-order valence-corrected chi connectivity index (χ2v) is 7.75. The van der Waals surface area contributed by atoms with Crippen LogP contribution in [0.1, 0.15) is 0 Å². The average Bonchev–Trinajstić information content (AvgIpc) is 2.46. The summed E-state index contributed by atoms with van der Waals surface area (Å²) in [4.78, 5) is -0.0589. The maximum Gasteiger partial charge on any atom is 0.263 e. The van der Waals surface area contributed by atoms with Gasteiger partial charge in [-0.25, -0.2) is 8.42 Å². The molecule has 2 aromatic rings. The number of halogens is 3. The Kier molecular flexibility index (Phi) is 5.67. The largest absolute Gasteiger partial charge is 0.495 e. The van der Waals surface area contributed by atoms with Gasteiger partial charge in [0.2, 0.25) is 0 Å². The third-order valence-corrected chi connectivity index (χ3v) is 5.54. The van der Waals surface area contributed by atoms with Gasteiger partial charge in [-0.2, -0.15) is 0 Å². The minimum Gasteiger partial charge on any atom is -0.495 e. The molecule has 0 bridgehead atoms. The molecule has 0 aliphatic carbocycles. The average molecular weight is 441 g/mol. The van der Waals surface area contributed by atoms with Crippen LogP contribution in [-0.4, -0.2) is 22.6 Å². The molecule has 0 atom stereocenters. The van der Waals surface area contributed by atoms with Gasteiger partial charge in [0.1, 0.15) is 16.4 Å². The molecule has 0 amide bonds. The summed E-state index contributed by atoms with van der Waals surface area (Å²) in [5, 5.41) is 0.332. The highest BCUT2D eigenvalue weighted by Gasteiger charge is 2.21. The Morgan fingerprint density at radius 1 is 1.00 bits per heavy atom. The van der Waals surface area contributed by atoms with Gasteiger partial charge in [-0.1, -0.05) is 39.1 Å². The van der Waals surface area contributed by atoms with E-state index in [0.29, 0.717) is 10.2 Å². The van der Waals surface area contributed by atoms with E-state index >= 15 is 0 Å². The Bertz CT molecular complexity index is 843. The minimum atomic E-state index is -3.91. The lowest BCUT2D eigenvalue weighted by Crippen LogP contribution is -2.14. The van der Waals surface area contributed by atoms with E-state index in [9.17, 15) is 8.42 Å². The van der Waals surface area contributed by atoms with Crippen molar-refractivity contribution in [1.29, 1.82) is 0 Å². The van der Waals surface area contributed by atoms with Gasteiger partial charge in [0.05, 0.1) is 30.0 Å². The predicted molar refractivity (Wildman–Crippen MR) is 94.5 cm³/mol. The maximum atomic E-state index is 12.5. The van der Waals surface area contributed by atoms with Crippen molar-refractivity contribution in [2.24, 2.45) is 0 Å². The molecule has 0 radical (unpaired) electrons. The smallest absolute Gasteiger partial charge is 0.263 e. The lowest BCUT2D eigenvalue weighted by Gasteiger charge is -2.14. The van der Waals surface area contributed by atoms with Crippen molar-refractivity contribution in [3.63, 3.8) is 0 Å². The number of sulfonamides is 1. The molecule has 0 heterocycles. The van der Waals surface area contributed by atoms with Gasteiger partial charge < -0.3 is 9.47 Å². The monoisotopic (exact) mass is 439 g/mol. The summed E-state index contributed by atoms with van der Waals surface area (Å²) in [6, 6.07) is 7.37. The summed E-state index contributed by atoms with van der Waals surface area (Å²) in [6.45, 7) is 0. The molecule has 2 aromatic carbocycles. The van der Waals surface area contributed by atoms with Gasteiger partial charge in [0.15, 0.2) is 0 Å². The summed E-state index contributed by atoms with van der Waals surface area (Å²) in [5.41, 5.74) is 0.178. The van der Waals surface area contributed by atoms with Crippen molar-refractivity contribution < 1.29 is 17.9 Å². The summed E-state index contributed by atoms with van der Waals surface area (Å²) >= 11 is 15.3. The third kappa shape index (κ3) is 4.03. The van der Waals surface area contributed by atoms with E-state index in [-0.39, 0.29) is 26.4 Å². The highest BCUT2D eigenvalue weighted by atomic mass is 79.9. The Morgan fingerprint density at radius 3 is 2.22 bits per heavy atom. The van der Waals surface area contributed by atoms with Crippen molar-refractivity contribution in [1.82, 2.24) is 0 Å². The van der Waals surface area contributed by atoms with Crippen LogP contribution < -0.4 is 14.2 Å².